The Morgan fingerprint density at radius 2 is 1.90 bits per heavy atom. The molecule has 0 amide bonds. The number of rotatable bonds is 4. The van der Waals surface area contributed by atoms with E-state index in [4.69, 9.17) is 23.8 Å². The fourth-order valence-electron chi connectivity index (χ4n) is 3.67. The lowest BCUT2D eigenvalue weighted by Crippen LogP contribution is -2.46. The van der Waals surface area contributed by atoms with E-state index >= 15 is 0 Å². The number of piperidine rings is 1. The topological polar surface area (TPSA) is 40.2 Å². The van der Waals surface area contributed by atoms with Crippen LogP contribution < -0.4 is 15.5 Å². The summed E-state index contributed by atoms with van der Waals surface area (Å²) in [6, 6.07) is 16.7. The zero-order valence-electron chi connectivity index (χ0n) is 16.2. The minimum absolute atomic E-state index is 0.374. The number of hydrogen-bond acceptors (Lipinski definition) is 4. The minimum Gasteiger partial charge on any atom is -0.371 e. The van der Waals surface area contributed by atoms with Gasteiger partial charge in [0.25, 0.3) is 0 Å². The molecule has 0 unspecified atom stereocenters. The molecule has 2 N–H and O–H groups in total. The van der Waals surface area contributed by atoms with Crippen molar-refractivity contribution >= 4 is 63.0 Å². The summed E-state index contributed by atoms with van der Waals surface area (Å²) in [5.74, 6) is 0. The third-order valence-corrected chi connectivity index (χ3v) is 6.40. The van der Waals surface area contributed by atoms with Crippen LogP contribution in [0.1, 0.15) is 12.8 Å². The van der Waals surface area contributed by atoms with Crippen LogP contribution in [-0.2, 0) is 0 Å². The third-order valence-electron chi connectivity index (χ3n) is 5.20. The lowest BCUT2D eigenvalue weighted by molar-refractivity contribution is 0.468. The smallest absolute Gasteiger partial charge is 0.170 e. The van der Waals surface area contributed by atoms with Crippen molar-refractivity contribution in [2.75, 3.05) is 29.6 Å². The normalized spacial score (nSPS) is 14.8. The maximum atomic E-state index is 6.12. The third kappa shape index (κ3) is 4.94. The van der Waals surface area contributed by atoms with Gasteiger partial charge in [-0.05, 0) is 79.8 Å². The highest BCUT2D eigenvalue weighted by Crippen LogP contribution is 2.29. The van der Waals surface area contributed by atoms with Gasteiger partial charge in [0.2, 0.25) is 0 Å². The first-order valence-corrected chi connectivity index (χ1v) is 11.6. The molecule has 0 bridgehead atoms. The predicted molar refractivity (Wildman–Crippen MR) is 130 cm³/mol. The standard InChI is InChI=1S/C22H23ClN4S2/c1-29-18-5-3-16(4-6-18)25-22(28)26-17-9-12-27(13-10-17)21-8-11-24-20-14-15(23)2-7-19(20)21/h2-8,11,14,17H,9-10,12-13H2,1H3,(H2,25,26,28). The maximum absolute atomic E-state index is 6.12. The molecular weight excluding hydrogens is 420 g/mol. The number of thioether (sulfide) groups is 1. The lowest BCUT2D eigenvalue weighted by atomic mass is 10.0. The summed E-state index contributed by atoms with van der Waals surface area (Å²) in [5, 5.41) is 9.31. The molecule has 0 radical (unpaired) electrons. The van der Waals surface area contributed by atoms with Gasteiger partial charge in [0.05, 0.1) is 5.52 Å². The van der Waals surface area contributed by atoms with Gasteiger partial charge in [-0.15, -0.1) is 11.8 Å². The van der Waals surface area contributed by atoms with Crippen molar-refractivity contribution < 1.29 is 0 Å². The van der Waals surface area contributed by atoms with Crippen LogP contribution in [-0.4, -0.2) is 35.5 Å². The highest BCUT2D eigenvalue weighted by molar-refractivity contribution is 7.98. The van der Waals surface area contributed by atoms with Crippen molar-refractivity contribution in [2.45, 2.75) is 23.8 Å². The van der Waals surface area contributed by atoms with Gasteiger partial charge in [0, 0.05) is 52.0 Å². The number of hydrogen-bond donors (Lipinski definition) is 2. The lowest BCUT2D eigenvalue weighted by Gasteiger charge is -2.35. The van der Waals surface area contributed by atoms with E-state index in [9.17, 15) is 0 Å². The zero-order chi connectivity index (χ0) is 20.2. The van der Waals surface area contributed by atoms with Crippen LogP contribution in [0.4, 0.5) is 11.4 Å². The van der Waals surface area contributed by atoms with Gasteiger partial charge in [-0.1, -0.05) is 11.6 Å². The Balaban J connectivity index is 1.34. The Morgan fingerprint density at radius 1 is 1.14 bits per heavy atom. The van der Waals surface area contributed by atoms with Crippen LogP contribution in [0.25, 0.3) is 10.9 Å². The van der Waals surface area contributed by atoms with Gasteiger partial charge in [-0.2, -0.15) is 0 Å². The molecule has 2 aromatic carbocycles. The molecule has 0 spiro atoms. The molecule has 4 rings (SSSR count). The van der Waals surface area contributed by atoms with Gasteiger partial charge < -0.3 is 15.5 Å². The molecule has 1 aliphatic rings. The molecule has 0 saturated carbocycles. The van der Waals surface area contributed by atoms with E-state index in [1.54, 1.807) is 11.8 Å². The minimum atomic E-state index is 0.374. The van der Waals surface area contributed by atoms with E-state index in [2.05, 4.69) is 63.2 Å². The van der Waals surface area contributed by atoms with Crippen LogP contribution in [0.15, 0.2) is 59.6 Å². The second-order valence-electron chi connectivity index (χ2n) is 7.08. The number of pyridine rings is 1. The Labute approximate surface area is 186 Å². The molecule has 4 nitrogen and oxygen atoms in total. The summed E-state index contributed by atoms with van der Waals surface area (Å²) in [7, 11) is 0. The number of nitrogens with one attached hydrogen (secondary N) is 2. The van der Waals surface area contributed by atoms with Crippen LogP contribution in [0.5, 0.6) is 0 Å². The molecule has 1 aromatic heterocycles. The maximum Gasteiger partial charge on any atom is 0.170 e. The fraction of sp³-hybridized carbons (Fsp3) is 0.273. The molecule has 150 valence electrons. The van der Waals surface area contributed by atoms with E-state index < -0.39 is 0 Å². The van der Waals surface area contributed by atoms with Gasteiger partial charge in [0.15, 0.2) is 5.11 Å². The van der Waals surface area contributed by atoms with Crippen molar-refractivity contribution in [2.24, 2.45) is 0 Å². The molecule has 0 atom stereocenters. The Bertz CT molecular complexity index is 1000. The van der Waals surface area contributed by atoms with Crippen LogP contribution >= 0.6 is 35.6 Å². The van der Waals surface area contributed by atoms with E-state index in [0.717, 1.165) is 42.5 Å². The molecule has 3 aromatic rings. The molecule has 7 heteroatoms. The number of anilines is 2. The second-order valence-corrected chi connectivity index (χ2v) is 8.80. The molecule has 2 heterocycles. The van der Waals surface area contributed by atoms with Crippen LogP contribution in [0.2, 0.25) is 5.02 Å². The quantitative estimate of drug-likeness (QED) is 0.407. The predicted octanol–water partition coefficient (Wildman–Crippen LogP) is 5.57. The second kappa shape index (κ2) is 9.20. The number of halogens is 1. The number of aromatic nitrogens is 1. The molecule has 1 aliphatic heterocycles. The fourth-order valence-corrected chi connectivity index (χ4v) is 4.53. The summed E-state index contributed by atoms with van der Waals surface area (Å²) in [6.07, 6.45) is 6.00. The highest BCUT2D eigenvalue weighted by Gasteiger charge is 2.21. The Hall–Kier alpha value is -2.02. The van der Waals surface area contributed by atoms with Crippen molar-refractivity contribution in [3.8, 4) is 0 Å². The van der Waals surface area contributed by atoms with E-state index in [0.29, 0.717) is 16.2 Å². The zero-order valence-corrected chi connectivity index (χ0v) is 18.6. The average molecular weight is 443 g/mol. The number of fused-ring (bicyclic) bond motifs is 1. The highest BCUT2D eigenvalue weighted by atomic mass is 35.5. The van der Waals surface area contributed by atoms with Crippen molar-refractivity contribution in [3.05, 3.63) is 59.8 Å². The SMILES string of the molecule is CSc1ccc(NC(=S)NC2CCN(c3ccnc4cc(Cl)ccc34)CC2)cc1. The Kier molecular flexibility index (Phi) is 6.43. The monoisotopic (exact) mass is 442 g/mol. The summed E-state index contributed by atoms with van der Waals surface area (Å²) in [4.78, 5) is 8.12. The summed E-state index contributed by atoms with van der Waals surface area (Å²) in [6.45, 7) is 1.95. The first-order valence-electron chi connectivity index (χ1n) is 9.63. The van der Waals surface area contributed by atoms with Gasteiger partial charge in [-0.3, -0.25) is 4.98 Å². The molecule has 1 fully saturated rings. The van der Waals surface area contributed by atoms with Gasteiger partial charge in [0.1, 0.15) is 0 Å². The molecular formula is C22H23ClN4S2. The summed E-state index contributed by atoms with van der Waals surface area (Å²) >= 11 is 13.4. The number of thiocarbonyl (C=S) groups is 1. The van der Waals surface area contributed by atoms with Crippen molar-refractivity contribution in [1.29, 1.82) is 0 Å². The van der Waals surface area contributed by atoms with E-state index in [1.807, 2.05) is 18.3 Å². The Morgan fingerprint density at radius 3 is 2.62 bits per heavy atom. The van der Waals surface area contributed by atoms with Gasteiger partial charge >= 0.3 is 0 Å². The summed E-state index contributed by atoms with van der Waals surface area (Å²) in [5.41, 5.74) is 3.17. The molecule has 1 saturated heterocycles. The largest absolute Gasteiger partial charge is 0.371 e. The van der Waals surface area contributed by atoms with Crippen molar-refractivity contribution in [1.82, 2.24) is 10.3 Å². The first kappa shape index (κ1) is 20.3. The first-order chi connectivity index (χ1) is 14.1. The average Bonchev–Trinajstić information content (AvgIpc) is 2.74. The number of nitrogens with zero attached hydrogens (tertiary/aromatic N) is 2. The van der Waals surface area contributed by atoms with Crippen LogP contribution in [0.3, 0.4) is 0 Å². The molecule has 0 aliphatic carbocycles. The van der Waals surface area contributed by atoms with Gasteiger partial charge in [-0.25, -0.2) is 0 Å². The van der Waals surface area contributed by atoms with E-state index in [1.165, 1.54) is 10.6 Å². The summed E-state index contributed by atoms with van der Waals surface area (Å²) < 4.78 is 0. The van der Waals surface area contributed by atoms with Crippen LogP contribution in [0, 0.1) is 0 Å². The number of benzene rings is 2. The van der Waals surface area contributed by atoms with E-state index in [-0.39, 0.29) is 0 Å². The molecule has 29 heavy (non-hydrogen) atoms. The van der Waals surface area contributed by atoms with Crippen molar-refractivity contribution in [3.63, 3.8) is 0 Å².